The summed E-state index contributed by atoms with van der Waals surface area (Å²) >= 11 is 0. The number of aliphatic hydroxyl groups is 1. The molecule has 1 aromatic heterocycles. The second-order valence-electron chi connectivity index (χ2n) is 7.82. The van der Waals surface area contributed by atoms with Crippen LogP contribution in [0.4, 0.5) is 0 Å². The molecule has 2 aliphatic heterocycles. The second kappa shape index (κ2) is 8.37. The molecule has 0 bridgehead atoms. The smallest absolute Gasteiger partial charge is 0.222 e. The predicted octanol–water partition coefficient (Wildman–Crippen LogP) is 2.82. The number of furan rings is 1. The van der Waals surface area contributed by atoms with Gasteiger partial charge in [-0.05, 0) is 50.8 Å². The van der Waals surface area contributed by atoms with E-state index in [2.05, 4.69) is 24.0 Å². The lowest BCUT2D eigenvalue weighted by Crippen LogP contribution is -2.54. The van der Waals surface area contributed by atoms with E-state index in [0.717, 1.165) is 57.0 Å². The number of carbonyl (C=O) groups excluding carboxylic acids is 1. The van der Waals surface area contributed by atoms with Crippen LogP contribution >= 0.6 is 0 Å². The quantitative estimate of drug-likeness (QED) is 0.823. The molecule has 1 atom stereocenters. The highest BCUT2D eigenvalue weighted by molar-refractivity contribution is 5.77. The normalized spacial score (nSPS) is 25.0. The molecule has 2 aliphatic rings. The minimum Gasteiger partial charge on any atom is -0.465 e. The summed E-state index contributed by atoms with van der Waals surface area (Å²) in [5.41, 5.74) is 0.223. The van der Waals surface area contributed by atoms with Gasteiger partial charge in [0.15, 0.2) is 0 Å². The van der Waals surface area contributed by atoms with Crippen molar-refractivity contribution in [3.05, 3.63) is 23.7 Å². The van der Waals surface area contributed by atoms with Crippen molar-refractivity contribution >= 4 is 5.91 Å². The summed E-state index contributed by atoms with van der Waals surface area (Å²) in [7, 11) is 0. The second-order valence-corrected chi connectivity index (χ2v) is 7.82. The van der Waals surface area contributed by atoms with E-state index < -0.39 is 0 Å². The average Bonchev–Trinajstić information content (AvgIpc) is 3.04. The fraction of sp³-hybridized carbons (Fsp3) is 0.750. The Morgan fingerprint density at radius 1 is 1.24 bits per heavy atom. The zero-order valence-corrected chi connectivity index (χ0v) is 15.5. The Kier molecular flexibility index (Phi) is 6.18. The van der Waals surface area contributed by atoms with Crippen molar-refractivity contribution in [2.24, 2.45) is 5.41 Å². The fourth-order valence-corrected chi connectivity index (χ4v) is 4.45. The third-order valence-corrected chi connectivity index (χ3v) is 5.67. The minimum absolute atomic E-state index is 0.154. The Labute approximate surface area is 151 Å². The van der Waals surface area contributed by atoms with Gasteiger partial charge in [0, 0.05) is 44.5 Å². The summed E-state index contributed by atoms with van der Waals surface area (Å²) < 4.78 is 5.96. The van der Waals surface area contributed by atoms with Crippen LogP contribution in [0.5, 0.6) is 0 Å². The molecule has 3 rings (SSSR count). The number of hydrogen-bond acceptors (Lipinski definition) is 4. The van der Waals surface area contributed by atoms with Crippen molar-refractivity contribution in [1.82, 2.24) is 9.80 Å². The lowest BCUT2D eigenvalue weighted by Gasteiger charge is -2.48. The van der Waals surface area contributed by atoms with Crippen molar-refractivity contribution in [3.8, 4) is 0 Å². The standard InChI is InChI=1S/C20H32N2O3/c1-2-5-17-6-7-18(25-17)14-21-11-3-9-20(15-21)10-8-19(24)22(16-20)12-4-13-23/h6-7,23H,2-5,8-16H2,1H3/t20-/m0/s1. The maximum Gasteiger partial charge on any atom is 0.222 e. The summed E-state index contributed by atoms with van der Waals surface area (Å²) in [4.78, 5) is 16.7. The third kappa shape index (κ3) is 4.64. The van der Waals surface area contributed by atoms with Gasteiger partial charge in [-0.1, -0.05) is 6.92 Å². The summed E-state index contributed by atoms with van der Waals surface area (Å²) in [6.45, 7) is 6.88. The lowest BCUT2D eigenvalue weighted by atomic mass is 9.73. The number of carbonyl (C=O) groups is 1. The predicted molar refractivity (Wildman–Crippen MR) is 97.2 cm³/mol. The molecule has 25 heavy (non-hydrogen) atoms. The van der Waals surface area contributed by atoms with Crippen LogP contribution in [0.15, 0.2) is 16.5 Å². The van der Waals surface area contributed by atoms with Crippen LogP contribution in [0.2, 0.25) is 0 Å². The van der Waals surface area contributed by atoms with Gasteiger partial charge in [-0.25, -0.2) is 0 Å². The Morgan fingerprint density at radius 2 is 2.08 bits per heavy atom. The zero-order valence-electron chi connectivity index (χ0n) is 15.5. The van der Waals surface area contributed by atoms with E-state index in [1.165, 1.54) is 12.8 Å². The largest absolute Gasteiger partial charge is 0.465 e. The van der Waals surface area contributed by atoms with Gasteiger partial charge < -0.3 is 14.4 Å². The number of amides is 1. The molecule has 1 amide bonds. The fourth-order valence-electron chi connectivity index (χ4n) is 4.45. The van der Waals surface area contributed by atoms with E-state index in [-0.39, 0.29) is 17.9 Å². The molecule has 0 unspecified atom stereocenters. The maximum atomic E-state index is 12.2. The number of likely N-dealkylation sites (tertiary alicyclic amines) is 2. The van der Waals surface area contributed by atoms with E-state index >= 15 is 0 Å². The number of aliphatic hydroxyl groups excluding tert-OH is 1. The van der Waals surface area contributed by atoms with Crippen molar-refractivity contribution in [2.75, 3.05) is 32.8 Å². The monoisotopic (exact) mass is 348 g/mol. The molecule has 5 nitrogen and oxygen atoms in total. The Bertz CT molecular complexity index is 571. The Hall–Kier alpha value is -1.33. The van der Waals surface area contributed by atoms with Crippen LogP contribution in [0, 0.1) is 5.41 Å². The van der Waals surface area contributed by atoms with Gasteiger partial charge in [0.25, 0.3) is 0 Å². The first kappa shape index (κ1) is 18.5. The molecule has 5 heteroatoms. The molecule has 1 N–H and O–H groups in total. The molecule has 0 saturated carbocycles. The zero-order chi connectivity index (χ0) is 17.7. The van der Waals surface area contributed by atoms with E-state index in [0.29, 0.717) is 19.4 Å². The molecular weight excluding hydrogens is 316 g/mol. The van der Waals surface area contributed by atoms with Crippen molar-refractivity contribution < 1.29 is 14.3 Å². The first-order valence-corrected chi connectivity index (χ1v) is 9.83. The van der Waals surface area contributed by atoms with E-state index in [9.17, 15) is 4.79 Å². The summed E-state index contributed by atoms with van der Waals surface area (Å²) in [5, 5.41) is 9.07. The van der Waals surface area contributed by atoms with Crippen LogP contribution in [0.1, 0.15) is 57.0 Å². The van der Waals surface area contributed by atoms with E-state index in [1.807, 2.05) is 4.90 Å². The highest BCUT2D eigenvalue weighted by Crippen LogP contribution is 2.39. The van der Waals surface area contributed by atoms with E-state index in [1.54, 1.807) is 0 Å². The minimum atomic E-state index is 0.154. The van der Waals surface area contributed by atoms with Gasteiger partial charge in [-0.2, -0.15) is 0 Å². The van der Waals surface area contributed by atoms with Gasteiger partial charge >= 0.3 is 0 Å². The molecule has 0 aromatic carbocycles. The summed E-state index contributed by atoms with van der Waals surface area (Å²) in [5.74, 6) is 2.40. The average molecular weight is 348 g/mol. The molecule has 1 spiro atoms. The molecular formula is C20H32N2O3. The molecule has 2 fully saturated rings. The molecule has 1 aromatic rings. The van der Waals surface area contributed by atoms with Gasteiger partial charge in [0.2, 0.25) is 5.91 Å². The molecule has 140 valence electrons. The van der Waals surface area contributed by atoms with Gasteiger partial charge in [-0.3, -0.25) is 9.69 Å². The first-order valence-electron chi connectivity index (χ1n) is 9.83. The molecule has 3 heterocycles. The third-order valence-electron chi connectivity index (χ3n) is 5.67. The van der Waals surface area contributed by atoms with Crippen LogP contribution in [0.3, 0.4) is 0 Å². The van der Waals surface area contributed by atoms with Crippen LogP contribution in [0.25, 0.3) is 0 Å². The molecule has 0 aliphatic carbocycles. The van der Waals surface area contributed by atoms with Crippen LogP contribution in [-0.2, 0) is 17.8 Å². The first-order chi connectivity index (χ1) is 12.1. The molecule has 2 saturated heterocycles. The van der Waals surface area contributed by atoms with Crippen molar-refractivity contribution in [1.29, 1.82) is 0 Å². The number of hydrogen-bond donors (Lipinski definition) is 1. The summed E-state index contributed by atoms with van der Waals surface area (Å²) in [6.07, 6.45) is 6.83. The van der Waals surface area contributed by atoms with Gasteiger partial charge in [0.05, 0.1) is 6.54 Å². The maximum absolute atomic E-state index is 12.2. The van der Waals surface area contributed by atoms with E-state index in [4.69, 9.17) is 9.52 Å². The topological polar surface area (TPSA) is 56.9 Å². The molecule has 0 radical (unpaired) electrons. The number of piperidine rings is 2. The number of rotatable bonds is 7. The summed E-state index contributed by atoms with van der Waals surface area (Å²) in [6, 6.07) is 4.22. The number of nitrogens with zero attached hydrogens (tertiary/aromatic N) is 2. The van der Waals surface area contributed by atoms with Crippen LogP contribution in [-0.4, -0.2) is 53.6 Å². The number of aryl methyl sites for hydroxylation is 1. The van der Waals surface area contributed by atoms with Gasteiger partial charge in [0.1, 0.15) is 11.5 Å². The Balaban J connectivity index is 1.60. The van der Waals surface area contributed by atoms with Crippen LogP contribution < -0.4 is 0 Å². The lowest BCUT2D eigenvalue weighted by molar-refractivity contribution is -0.139. The van der Waals surface area contributed by atoms with Crippen molar-refractivity contribution in [2.45, 2.75) is 58.4 Å². The SMILES string of the molecule is CCCc1ccc(CN2CCC[C@]3(CCC(=O)N(CCCO)C3)C2)o1. The Morgan fingerprint density at radius 3 is 2.88 bits per heavy atom. The highest BCUT2D eigenvalue weighted by Gasteiger charge is 2.41. The van der Waals surface area contributed by atoms with Crippen molar-refractivity contribution in [3.63, 3.8) is 0 Å². The van der Waals surface area contributed by atoms with Gasteiger partial charge in [-0.15, -0.1) is 0 Å². The highest BCUT2D eigenvalue weighted by atomic mass is 16.3.